The molecule has 0 aliphatic rings. The van der Waals surface area contributed by atoms with Crippen LogP contribution in [0.1, 0.15) is 19.4 Å². The van der Waals surface area contributed by atoms with Gasteiger partial charge in [0.1, 0.15) is 6.54 Å². The molecular formula is C19H21N3O3. The van der Waals surface area contributed by atoms with Gasteiger partial charge in [0.25, 0.3) is 0 Å². The zero-order chi connectivity index (χ0) is 18.4. The van der Waals surface area contributed by atoms with Crippen LogP contribution in [-0.2, 0) is 14.4 Å². The first-order valence-electron chi connectivity index (χ1n) is 7.88. The number of hydrogen-bond acceptors (Lipinski definition) is 3. The van der Waals surface area contributed by atoms with E-state index in [2.05, 4.69) is 10.6 Å². The van der Waals surface area contributed by atoms with Crippen LogP contribution in [0, 0.1) is 6.92 Å². The Kier molecular flexibility index (Phi) is 5.89. The molecule has 0 aliphatic carbocycles. The predicted molar refractivity (Wildman–Crippen MR) is 98.6 cm³/mol. The number of amides is 3. The number of rotatable bonds is 5. The Hall–Kier alpha value is -3.15. The molecule has 2 N–H and O–H groups in total. The lowest BCUT2D eigenvalue weighted by molar-refractivity contribution is -0.120. The molecule has 0 spiro atoms. The van der Waals surface area contributed by atoms with Gasteiger partial charge in [-0.05, 0) is 42.8 Å². The molecule has 0 heterocycles. The Bertz CT molecular complexity index is 785. The molecule has 2 aromatic carbocycles. The van der Waals surface area contributed by atoms with Crippen LogP contribution < -0.4 is 15.5 Å². The third-order valence-electron chi connectivity index (χ3n) is 3.60. The molecule has 0 saturated carbocycles. The van der Waals surface area contributed by atoms with E-state index in [1.165, 1.54) is 18.7 Å². The minimum atomic E-state index is -0.282. The number of carbonyl (C=O) groups is 3. The summed E-state index contributed by atoms with van der Waals surface area (Å²) in [6.07, 6.45) is 0. The molecule has 0 fully saturated rings. The van der Waals surface area contributed by atoms with Crippen molar-refractivity contribution in [3.8, 4) is 0 Å². The highest BCUT2D eigenvalue weighted by molar-refractivity contribution is 6.02. The number of benzene rings is 2. The Morgan fingerprint density at radius 3 is 2.12 bits per heavy atom. The number of nitrogens with zero attached hydrogens (tertiary/aromatic N) is 1. The minimum Gasteiger partial charge on any atom is -0.326 e. The van der Waals surface area contributed by atoms with Crippen molar-refractivity contribution in [1.82, 2.24) is 0 Å². The number of para-hydroxylation sites is 1. The highest BCUT2D eigenvalue weighted by Crippen LogP contribution is 2.19. The molecule has 0 radical (unpaired) electrons. The van der Waals surface area contributed by atoms with Gasteiger partial charge >= 0.3 is 0 Å². The molecule has 130 valence electrons. The number of anilines is 3. The fourth-order valence-electron chi connectivity index (χ4n) is 2.36. The molecule has 0 unspecified atom stereocenters. The van der Waals surface area contributed by atoms with Crippen LogP contribution >= 0.6 is 0 Å². The fraction of sp³-hybridized carbons (Fsp3) is 0.211. The Morgan fingerprint density at radius 1 is 0.920 bits per heavy atom. The van der Waals surface area contributed by atoms with Gasteiger partial charge in [-0.3, -0.25) is 14.4 Å². The summed E-state index contributed by atoms with van der Waals surface area (Å²) in [7, 11) is 0. The van der Waals surface area contributed by atoms with Crippen LogP contribution in [-0.4, -0.2) is 24.3 Å². The summed E-state index contributed by atoms with van der Waals surface area (Å²) in [4.78, 5) is 36.7. The highest BCUT2D eigenvalue weighted by Gasteiger charge is 2.16. The quantitative estimate of drug-likeness (QED) is 0.879. The van der Waals surface area contributed by atoms with Crippen molar-refractivity contribution >= 4 is 34.8 Å². The average Bonchev–Trinajstić information content (AvgIpc) is 2.55. The maximum Gasteiger partial charge on any atom is 0.244 e. The largest absolute Gasteiger partial charge is 0.326 e. The van der Waals surface area contributed by atoms with Crippen molar-refractivity contribution in [2.75, 3.05) is 22.1 Å². The van der Waals surface area contributed by atoms with Crippen LogP contribution in [0.4, 0.5) is 17.1 Å². The van der Waals surface area contributed by atoms with E-state index in [9.17, 15) is 14.4 Å². The highest BCUT2D eigenvalue weighted by atomic mass is 16.2. The van der Waals surface area contributed by atoms with Crippen molar-refractivity contribution in [3.63, 3.8) is 0 Å². The van der Waals surface area contributed by atoms with Gasteiger partial charge in [-0.2, -0.15) is 0 Å². The van der Waals surface area contributed by atoms with Gasteiger partial charge in [0.05, 0.1) is 0 Å². The zero-order valence-electron chi connectivity index (χ0n) is 14.5. The molecule has 0 bridgehead atoms. The molecule has 0 saturated heterocycles. The van der Waals surface area contributed by atoms with Crippen LogP contribution in [0.2, 0.25) is 0 Å². The average molecular weight is 339 g/mol. The van der Waals surface area contributed by atoms with Gasteiger partial charge in [0, 0.05) is 30.9 Å². The summed E-state index contributed by atoms with van der Waals surface area (Å²) in [5.74, 6) is -0.698. The summed E-state index contributed by atoms with van der Waals surface area (Å²) in [6.45, 7) is 4.64. The first-order valence-corrected chi connectivity index (χ1v) is 7.88. The second kappa shape index (κ2) is 8.10. The third kappa shape index (κ3) is 5.17. The maximum atomic E-state index is 12.3. The molecule has 6 heteroatoms. The monoisotopic (exact) mass is 339 g/mol. The van der Waals surface area contributed by atoms with Crippen LogP contribution in [0.3, 0.4) is 0 Å². The van der Waals surface area contributed by atoms with Gasteiger partial charge in [-0.1, -0.05) is 18.2 Å². The molecule has 0 atom stereocenters. The number of carbonyl (C=O) groups excluding carboxylic acids is 3. The van der Waals surface area contributed by atoms with Crippen molar-refractivity contribution in [3.05, 3.63) is 54.1 Å². The smallest absolute Gasteiger partial charge is 0.244 e. The lowest BCUT2D eigenvalue weighted by Crippen LogP contribution is -2.36. The molecule has 0 aromatic heterocycles. The molecule has 6 nitrogen and oxygen atoms in total. The number of nitrogens with one attached hydrogen (secondary N) is 2. The zero-order valence-corrected chi connectivity index (χ0v) is 14.5. The topological polar surface area (TPSA) is 78.5 Å². The van der Waals surface area contributed by atoms with Crippen molar-refractivity contribution in [2.45, 2.75) is 20.8 Å². The molecular weight excluding hydrogens is 318 g/mol. The van der Waals surface area contributed by atoms with E-state index in [1.54, 1.807) is 24.3 Å². The van der Waals surface area contributed by atoms with Crippen molar-refractivity contribution in [2.24, 2.45) is 0 Å². The molecule has 2 rings (SSSR count). The molecule has 3 amide bonds. The first-order chi connectivity index (χ1) is 11.9. The Morgan fingerprint density at radius 2 is 1.56 bits per heavy atom. The number of aryl methyl sites for hydroxylation is 1. The van der Waals surface area contributed by atoms with E-state index in [-0.39, 0.29) is 24.3 Å². The van der Waals surface area contributed by atoms with E-state index in [0.717, 1.165) is 11.3 Å². The Labute approximate surface area is 146 Å². The standard InChI is InChI=1S/C19H21N3O3/c1-13-6-4-5-7-18(13)21-19(25)12-22(15(3)24)17-10-8-16(9-11-17)20-14(2)23/h4-11H,12H2,1-3H3,(H,20,23)(H,21,25). The predicted octanol–water partition coefficient (Wildman–Crippen LogP) is 2.95. The Balaban J connectivity index is 2.10. The van der Waals surface area contributed by atoms with E-state index in [0.29, 0.717) is 11.4 Å². The van der Waals surface area contributed by atoms with Gasteiger partial charge in [-0.15, -0.1) is 0 Å². The second-order valence-corrected chi connectivity index (χ2v) is 5.70. The number of hydrogen-bond donors (Lipinski definition) is 2. The lowest BCUT2D eigenvalue weighted by atomic mass is 10.2. The summed E-state index contributed by atoms with van der Waals surface area (Å²) < 4.78 is 0. The molecule has 2 aromatic rings. The summed E-state index contributed by atoms with van der Waals surface area (Å²) in [6, 6.07) is 14.2. The minimum absolute atomic E-state index is 0.0941. The van der Waals surface area contributed by atoms with Gasteiger partial charge < -0.3 is 15.5 Å². The van der Waals surface area contributed by atoms with Crippen molar-refractivity contribution in [1.29, 1.82) is 0 Å². The van der Waals surface area contributed by atoms with Gasteiger partial charge in [0.15, 0.2) is 0 Å². The maximum absolute atomic E-state index is 12.3. The van der Waals surface area contributed by atoms with Crippen molar-refractivity contribution < 1.29 is 14.4 Å². The molecule has 0 aliphatic heterocycles. The SMILES string of the molecule is CC(=O)Nc1ccc(N(CC(=O)Nc2ccccc2C)C(C)=O)cc1. The van der Waals surface area contributed by atoms with Gasteiger partial charge in [-0.25, -0.2) is 0 Å². The van der Waals surface area contributed by atoms with Gasteiger partial charge in [0.2, 0.25) is 17.7 Å². The molecule has 25 heavy (non-hydrogen) atoms. The normalized spacial score (nSPS) is 10.0. The fourth-order valence-corrected chi connectivity index (χ4v) is 2.36. The first kappa shape index (κ1) is 18.2. The van der Waals surface area contributed by atoms with E-state index >= 15 is 0 Å². The van der Waals surface area contributed by atoms with Crippen LogP contribution in [0.25, 0.3) is 0 Å². The van der Waals surface area contributed by atoms with Crippen LogP contribution in [0.15, 0.2) is 48.5 Å². The van der Waals surface area contributed by atoms with E-state index in [1.807, 2.05) is 31.2 Å². The summed E-state index contributed by atoms with van der Waals surface area (Å²) in [5.41, 5.74) is 2.88. The third-order valence-corrected chi connectivity index (χ3v) is 3.60. The second-order valence-electron chi connectivity index (χ2n) is 5.70. The van der Waals surface area contributed by atoms with Crippen LogP contribution in [0.5, 0.6) is 0 Å². The summed E-state index contributed by atoms with van der Waals surface area (Å²) >= 11 is 0. The summed E-state index contributed by atoms with van der Waals surface area (Å²) in [5, 5.41) is 5.47. The van der Waals surface area contributed by atoms with E-state index < -0.39 is 0 Å². The van der Waals surface area contributed by atoms with E-state index in [4.69, 9.17) is 0 Å². The lowest BCUT2D eigenvalue weighted by Gasteiger charge is -2.21.